The van der Waals surface area contributed by atoms with Crippen molar-refractivity contribution < 1.29 is 0 Å². The summed E-state index contributed by atoms with van der Waals surface area (Å²) in [5.41, 5.74) is 13.6. The molecule has 1 heterocycles. The summed E-state index contributed by atoms with van der Waals surface area (Å²) in [5, 5.41) is 12.7. The van der Waals surface area contributed by atoms with Crippen molar-refractivity contribution in [3.8, 4) is 0 Å². The Morgan fingerprint density at radius 2 is 2.17 bits per heavy atom. The molecule has 0 saturated heterocycles. The summed E-state index contributed by atoms with van der Waals surface area (Å²) in [6, 6.07) is 7.92. The summed E-state index contributed by atoms with van der Waals surface area (Å²) in [6.07, 6.45) is 1.60. The Kier molecular flexibility index (Phi) is 4.34. The van der Waals surface area contributed by atoms with E-state index in [1.54, 1.807) is 7.05 Å². The van der Waals surface area contributed by atoms with Gasteiger partial charge in [0.15, 0.2) is 0 Å². The lowest BCUT2D eigenvalue weighted by Gasteiger charge is -2.24. The van der Waals surface area contributed by atoms with Gasteiger partial charge in [0.2, 0.25) is 5.96 Å². The molecule has 1 atom stereocenters. The van der Waals surface area contributed by atoms with E-state index in [1.165, 1.54) is 0 Å². The van der Waals surface area contributed by atoms with Crippen LogP contribution in [-0.2, 0) is 6.42 Å². The highest BCUT2D eigenvalue weighted by Gasteiger charge is 2.29. The Labute approximate surface area is 139 Å². The van der Waals surface area contributed by atoms with Crippen LogP contribution in [0.3, 0.4) is 0 Å². The van der Waals surface area contributed by atoms with Crippen molar-refractivity contribution in [2.24, 2.45) is 15.8 Å². The van der Waals surface area contributed by atoms with E-state index in [4.69, 9.17) is 17.3 Å². The third-order valence-corrected chi connectivity index (χ3v) is 4.43. The molecule has 1 aliphatic rings. The van der Waals surface area contributed by atoms with Crippen LogP contribution < -0.4 is 11.2 Å². The molecule has 0 saturated carbocycles. The first-order chi connectivity index (χ1) is 11.1. The van der Waals surface area contributed by atoms with E-state index >= 15 is 0 Å². The number of aryl methyl sites for hydroxylation is 1. The van der Waals surface area contributed by atoms with Gasteiger partial charge < -0.3 is 5.73 Å². The number of nitrogens with two attached hydrogens (primary N) is 1. The molecule has 0 amide bonds. The summed E-state index contributed by atoms with van der Waals surface area (Å²) in [4.78, 5) is 3.86. The maximum atomic E-state index is 6.36. The molecule has 120 valence electrons. The minimum absolute atomic E-state index is 0.235. The topological polar surface area (TPSA) is 91.4 Å². The van der Waals surface area contributed by atoms with Gasteiger partial charge in [0.05, 0.1) is 11.4 Å². The van der Waals surface area contributed by atoms with Gasteiger partial charge in [0.25, 0.3) is 0 Å². The number of rotatable bonds is 2. The first kappa shape index (κ1) is 15.6. The van der Waals surface area contributed by atoms with Crippen molar-refractivity contribution in [2.45, 2.75) is 25.7 Å². The standard InChI is InChI=1S/C16H19ClN6/c1-9-15-13(21-20-9)7-10(11-5-3-4-6-12(11)17)8-14(15)22-23-16(18)19-2/h3-6,10H,7-8H2,1-2H3,(H,20,21)(H3,18,19,23). The normalized spacial score (nSPS) is 19.7. The van der Waals surface area contributed by atoms with E-state index in [-0.39, 0.29) is 11.9 Å². The van der Waals surface area contributed by atoms with Crippen LogP contribution in [-0.4, -0.2) is 28.9 Å². The molecule has 0 bridgehead atoms. The van der Waals surface area contributed by atoms with Gasteiger partial charge in [0.1, 0.15) is 0 Å². The summed E-state index contributed by atoms with van der Waals surface area (Å²) < 4.78 is 0. The van der Waals surface area contributed by atoms with E-state index in [9.17, 15) is 0 Å². The fraction of sp³-hybridized carbons (Fsp3) is 0.312. The van der Waals surface area contributed by atoms with Crippen LogP contribution in [0.5, 0.6) is 0 Å². The fourth-order valence-corrected chi connectivity index (χ4v) is 3.24. The zero-order valence-electron chi connectivity index (χ0n) is 13.1. The Morgan fingerprint density at radius 1 is 1.39 bits per heavy atom. The van der Waals surface area contributed by atoms with Gasteiger partial charge in [0, 0.05) is 23.3 Å². The van der Waals surface area contributed by atoms with Gasteiger partial charge in [-0.25, -0.2) is 5.43 Å². The summed E-state index contributed by atoms with van der Waals surface area (Å²) in [7, 11) is 1.62. The minimum atomic E-state index is 0.235. The number of hydrogen-bond acceptors (Lipinski definition) is 3. The van der Waals surface area contributed by atoms with Crippen molar-refractivity contribution >= 4 is 23.3 Å². The highest BCUT2D eigenvalue weighted by atomic mass is 35.5. The molecule has 3 rings (SSSR count). The van der Waals surface area contributed by atoms with Crippen LogP contribution in [0.15, 0.2) is 34.4 Å². The van der Waals surface area contributed by atoms with E-state index in [2.05, 4.69) is 31.8 Å². The molecule has 7 heteroatoms. The molecule has 6 nitrogen and oxygen atoms in total. The van der Waals surface area contributed by atoms with Gasteiger partial charge >= 0.3 is 0 Å². The second kappa shape index (κ2) is 6.42. The van der Waals surface area contributed by atoms with Gasteiger partial charge in [-0.15, -0.1) is 0 Å². The predicted molar refractivity (Wildman–Crippen MR) is 93.1 cm³/mol. The number of guanidine groups is 1. The Hall–Kier alpha value is -2.34. The number of aromatic nitrogens is 2. The molecule has 23 heavy (non-hydrogen) atoms. The number of benzene rings is 1. The summed E-state index contributed by atoms with van der Waals surface area (Å²) in [5.74, 6) is 0.513. The van der Waals surface area contributed by atoms with E-state index in [0.717, 1.165) is 46.1 Å². The first-order valence-electron chi connectivity index (χ1n) is 7.43. The molecule has 2 aromatic rings. The number of aromatic amines is 1. The quantitative estimate of drug-likeness (QED) is 0.448. The molecule has 0 fully saturated rings. The van der Waals surface area contributed by atoms with Gasteiger partial charge in [-0.2, -0.15) is 10.2 Å². The summed E-state index contributed by atoms with van der Waals surface area (Å²) >= 11 is 6.36. The zero-order valence-corrected chi connectivity index (χ0v) is 13.9. The number of halogens is 1. The van der Waals surface area contributed by atoms with E-state index in [0.29, 0.717) is 0 Å². The SMILES string of the molecule is CN=C(N)NN=C1CC(c2ccccc2Cl)Cc2n[nH]c(C)c21. The van der Waals surface area contributed by atoms with E-state index in [1.807, 2.05) is 25.1 Å². The number of hydrogen-bond donors (Lipinski definition) is 3. The van der Waals surface area contributed by atoms with Crippen LogP contribution in [0.25, 0.3) is 0 Å². The maximum Gasteiger partial charge on any atom is 0.209 e. The number of nitrogens with one attached hydrogen (secondary N) is 2. The van der Waals surface area contributed by atoms with Crippen LogP contribution in [0, 0.1) is 6.92 Å². The second-order valence-corrected chi connectivity index (χ2v) is 5.98. The number of fused-ring (bicyclic) bond motifs is 1. The smallest absolute Gasteiger partial charge is 0.209 e. The minimum Gasteiger partial charge on any atom is -0.369 e. The van der Waals surface area contributed by atoms with E-state index < -0.39 is 0 Å². The Balaban J connectivity index is 1.99. The molecule has 4 N–H and O–H groups in total. The largest absolute Gasteiger partial charge is 0.369 e. The van der Waals surface area contributed by atoms with Crippen molar-refractivity contribution in [3.05, 3.63) is 51.8 Å². The van der Waals surface area contributed by atoms with Crippen LogP contribution in [0.2, 0.25) is 5.02 Å². The molecule has 1 aliphatic carbocycles. The maximum absolute atomic E-state index is 6.36. The third-order valence-electron chi connectivity index (χ3n) is 4.08. The summed E-state index contributed by atoms with van der Waals surface area (Å²) in [6.45, 7) is 1.99. The third kappa shape index (κ3) is 3.07. The van der Waals surface area contributed by atoms with Crippen LogP contribution in [0.1, 0.15) is 34.9 Å². The van der Waals surface area contributed by atoms with Gasteiger partial charge in [-0.05, 0) is 37.3 Å². The van der Waals surface area contributed by atoms with Crippen LogP contribution >= 0.6 is 11.6 Å². The molecule has 1 aromatic carbocycles. The van der Waals surface area contributed by atoms with Crippen molar-refractivity contribution in [1.82, 2.24) is 15.6 Å². The van der Waals surface area contributed by atoms with Gasteiger partial charge in [-0.3, -0.25) is 10.1 Å². The molecule has 0 spiro atoms. The zero-order chi connectivity index (χ0) is 16.4. The number of aliphatic imine (C=N–C) groups is 1. The highest BCUT2D eigenvalue weighted by molar-refractivity contribution is 6.31. The molecular formula is C16H19ClN6. The van der Waals surface area contributed by atoms with Crippen molar-refractivity contribution in [1.29, 1.82) is 0 Å². The molecule has 1 unspecified atom stereocenters. The fourth-order valence-electron chi connectivity index (χ4n) is 2.95. The lowest BCUT2D eigenvalue weighted by molar-refractivity contribution is 0.677. The average Bonchev–Trinajstić information content (AvgIpc) is 2.94. The molecule has 1 aromatic heterocycles. The molecule has 0 radical (unpaired) electrons. The predicted octanol–water partition coefficient (Wildman–Crippen LogP) is 2.34. The number of hydrazone groups is 1. The van der Waals surface area contributed by atoms with Crippen LogP contribution in [0.4, 0.5) is 0 Å². The number of nitrogens with zero attached hydrogens (tertiary/aromatic N) is 3. The Bertz CT molecular complexity index is 777. The lowest BCUT2D eigenvalue weighted by atomic mass is 9.81. The van der Waals surface area contributed by atoms with Crippen molar-refractivity contribution in [3.63, 3.8) is 0 Å². The molecular weight excluding hydrogens is 312 g/mol. The van der Waals surface area contributed by atoms with Crippen molar-refractivity contribution in [2.75, 3.05) is 7.05 Å². The molecule has 0 aliphatic heterocycles. The lowest BCUT2D eigenvalue weighted by Crippen LogP contribution is -2.30. The average molecular weight is 331 g/mol. The second-order valence-electron chi connectivity index (χ2n) is 5.58. The Morgan fingerprint density at radius 3 is 2.91 bits per heavy atom. The van der Waals surface area contributed by atoms with Gasteiger partial charge in [-0.1, -0.05) is 29.8 Å². The number of H-pyrrole nitrogens is 1. The first-order valence-corrected chi connectivity index (χ1v) is 7.81. The highest BCUT2D eigenvalue weighted by Crippen LogP contribution is 2.36. The monoisotopic (exact) mass is 330 g/mol.